The summed E-state index contributed by atoms with van der Waals surface area (Å²) in [5.41, 5.74) is 5.50. The standard InChI is InChI=1S/C20H25Cl2FN4O5/c1-13(29)27(24-9-14-4-2-6-18(23)19(14)22)16(8-17(30)11-28)12-32-25-20(31)26-7-3-5-15(21)10-26/h2-7,16-17,24,28,30H,8-12H2,1H3,(H,25,31)/t16-,17?/m0/s1. The average Bonchev–Trinajstić information content (AvgIpc) is 2.76. The fourth-order valence-electron chi connectivity index (χ4n) is 2.91. The van der Waals surface area contributed by atoms with Gasteiger partial charge in [0.1, 0.15) is 5.82 Å². The third-order valence-corrected chi connectivity index (χ3v) is 5.16. The number of hydroxylamine groups is 1. The molecule has 3 amide bonds. The molecule has 1 heterocycles. The Balaban J connectivity index is 2.02. The Labute approximate surface area is 194 Å². The second kappa shape index (κ2) is 12.7. The van der Waals surface area contributed by atoms with Crippen LogP contribution in [0.25, 0.3) is 0 Å². The van der Waals surface area contributed by atoms with Gasteiger partial charge in [-0.2, -0.15) is 0 Å². The summed E-state index contributed by atoms with van der Waals surface area (Å²) in [6.07, 6.45) is 3.57. The van der Waals surface area contributed by atoms with Crippen molar-refractivity contribution >= 4 is 35.1 Å². The molecule has 176 valence electrons. The van der Waals surface area contributed by atoms with Crippen molar-refractivity contribution in [1.29, 1.82) is 0 Å². The second-order valence-electron chi connectivity index (χ2n) is 6.96. The van der Waals surface area contributed by atoms with Crippen LogP contribution in [-0.4, -0.2) is 64.0 Å². The molecule has 1 aliphatic heterocycles. The Morgan fingerprint density at radius 3 is 2.78 bits per heavy atom. The molecule has 0 fully saturated rings. The number of amides is 3. The molecule has 0 saturated carbocycles. The molecule has 32 heavy (non-hydrogen) atoms. The molecule has 4 N–H and O–H groups in total. The number of carbonyl (C=O) groups excluding carboxylic acids is 2. The lowest BCUT2D eigenvalue weighted by Crippen LogP contribution is -2.52. The van der Waals surface area contributed by atoms with E-state index in [4.69, 9.17) is 28.0 Å². The smallest absolute Gasteiger partial charge is 0.345 e. The van der Waals surface area contributed by atoms with Crippen molar-refractivity contribution in [1.82, 2.24) is 20.8 Å². The molecule has 2 atom stereocenters. The molecule has 0 spiro atoms. The molecule has 0 bridgehead atoms. The van der Waals surface area contributed by atoms with Gasteiger partial charge in [0.2, 0.25) is 5.91 Å². The summed E-state index contributed by atoms with van der Waals surface area (Å²) in [7, 11) is 0. The van der Waals surface area contributed by atoms with E-state index in [1.807, 2.05) is 0 Å². The molecular weight excluding hydrogens is 466 g/mol. The number of aliphatic hydroxyl groups excluding tert-OH is 2. The van der Waals surface area contributed by atoms with Crippen LogP contribution in [0.4, 0.5) is 9.18 Å². The minimum atomic E-state index is -1.14. The first kappa shape index (κ1) is 26.0. The number of nitrogens with zero attached hydrogens (tertiary/aromatic N) is 2. The Hall–Kier alpha value is -2.21. The highest BCUT2D eigenvalue weighted by molar-refractivity contribution is 6.31. The molecule has 12 heteroatoms. The number of hydrazine groups is 1. The van der Waals surface area contributed by atoms with Crippen LogP contribution < -0.4 is 10.9 Å². The molecule has 9 nitrogen and oxygen atoms in total. The highest BCUT2D eigenvalue weighted by Gasteiger charge is 2.25. The van der Waals surface area contributed by atoms with Crippen LogP contribution in [0.3, 0.4) is 0 Å². The zero-order valence-electron chi connectivity index (χ0n) is 17.3. The average molecular weight is 491 g/mol. The lowest BCUT2D eigenvalue weighted by molar-refractivity contribution is -0.139. The van der Waals surface area contributed by atoms with Gasteiger partial charge in [0.05, 0.1) is 36.9 Å². The highest BCUT2D eigenvalue weighted by Crippen LogP contribution is 2.20. The van der Waals surface area contributed by atoms with E-state index in [1.54, 1.807) is 18.2 Å². The molecule has 1 unspecified atom stereocenters. The van der Waals surface area contributed by atoms with Crippen LogP contribution in [0, 0.1) is 5.82 Å². The first-order valence-corrected chi connectivity index (χ1v) is 10.4. The summed E-state index contributed by atoms with van der Waals surface area (Å²) in [4.78, 5) is 31.0. The molecule has 0 aliphatic carbocycles. The molecule has 1 aliphatic rings. The maximum absolute atomic E-state index is 13.7. The molecule has 1 aromatic rings. The normalized spacial score (nSPS) is 15.2. The van der Waals surface area contributed by atoms with Gasteiger partial charge in [-0.25, -0.2) is 20.1 Å². The van der Waals surface area contributed by atoms with Gasteiger partial charge in [-0.15, -0.1) is 0 Å². The highest BCUT2D eigenvalue weighted by atomic mass is 35.5. The van der Waals surface area contributed by atoms with Gasteiger partial charge in [-0.05, 0) is 30.2 Å². The molecule has 0 aromatic heterocycles. The van der Waals surface area contributed by atoms with Crippen LogP contribution in [0.1, 0.15) is 18.9 Å². The van der Waals surface area contributed by atoms with Crippen LogP contribution in [0.2, 0.25) is 5.02 Å². The number of aliphatic hydroxyl groups is 2. The largest absolute Gasteiger partial charge is 0.394 e. The minimum Gasteiger partial charge on any atom is -0.394 e. The molecule has 0 radical (unpaired) electrons. The fraction of sp³-hybridized carbons (Fsp3) is 0.400. The van der Waals surface area contributed by atoms with Crippen LogP contribution in [0.15, 0.2) is 41.6 Å². The van der Waals surface area contributed by atoms with Gasteiger partial charge in [0.15, 0.2) is 0 Å². The lowest BCUT2D eigenvalue weighted by atomic mass is 10.1. The van der Waals surface area contributed by atoms with Crippen molar-refractivity contribution in [3.05, 3.63) is 58.0 Å². The summed E-state index contributed by atoms with van der Waals surface area (Å²) in [6, 6.07) is 2.92. The summed E-state index contributed by atoms with van der Waals surface area (Å²) in [5, 5.41) is 20.7. The topological polar surface area (TPSA) is 114 Å². The van der Waals surface area contributed by atoms with E-state index < -0.39 is 36.5 Å². The van der Waals surface area contributed by atoms with Crippen LogP contribution in [-0.2, 0) is 16.2 Å². The number of carbonyl (C=O) groups is 2. The third kappa shape index (κ3) is 7.73. The van der Waals surface area contributed by atoms with Crippen LogP contribution in [0.5, 0.6) is 0 Å². The quantitative estimate of drug-likeness (QED) is 0.373. The summed E-state index contributed by atoms with van der Waals surface area (Å²) < 4.78 is 13.7. The van der Waals surface area contributed by atoms with E-state index in [-0.39, 0.29) is 31.1 Å². The Kier molecular flexibility index (Phi) is 10.4. The van der Waals surface area contributed by atoms with E-state index >= 15 is 0 Å². The number of hydrogen-bond donors (Lipinski definition) is 4. The van der Waals surface area contributed by atoms with E-state index in [9.17, 15) is 24.2 Å². The van der Waals surface area contributed by atoms with Gasteiger partial charge in [0.25, 0.3) is 0 Å². The Morgan fingerprint density at radius 2 is 2.12 bits per heavy atom. The van der Waals surface area contributed by atoms with E-state index in [2.05, 4.69) is 10.9 Å². The number of urea groups is 1. The summed E-state index contributed by atoms with van der Waals surface area (Å²) >= 11 is 11.9. The monoisotopic (exact) mass is 490 g/mol. The van der Waals surface area contributed by atoms with E-state index in [0.29, 0.717) is 10.6 Å². The number of nitrogens with one attached hydrogen (secondary N) is 2. The van der Waals surface area contributed by atoms with Gasteiger partial charge >= 0.3 is 6.03 Å². The van der Waals surface area contributed by atoms with E-state index in [1.165, 1.54) is 35.2 Å². The van der Waals surface area contributed by atoms with Crippen molar-refractivity contribution in [2.75, 3.05) is 19.8 Å². The zero-order chi connectivity index (χ0) is 23.7. The number of rotatable bonds is 10. The fourth-order valence-corrected chi connectivity index (χ4v) is 3.30. The van der Waals surface area contributed by atoms with Gasteiger partial charge in [-0.1, -0.05) is 35.3 Å². The number of hydrogen-bond acceptors (Lipinski definition) is 6. The van der Waals surface area contributed by atoms with Gasteiger partial charge < -0.3 is 10.2 Å². The van der Waals surface area contributed by atoms with Crippen molar-refractivity contribution < 1.29 is 29.0 Å². The Bertz CT molecular complexity index is 870. The lowest BCUT2D eigenvalue weighted by Gasteiger charge is -2.32. The Morgan fingerprint density at radius 1 is 1.38 bits per heavy atom. The molecule has 1 aromatic carbocycles. The maximum Gasteiger partial charge on any atom is 0.345 e. The van der Waals surface area contributed by atoms with Crippen molar-refractivity contribution in [2.45, 2.75) is 32.0 Å². The van der Waals surface area contributed by atoms with Crippen molar-refractivity contribution in [2.24, 2.45) is 0 Å². The third-order valence-electron chi connectivity index (χ3n) is 4.49. The molecule has 2 rings (SSSR count). The van der Waals surface area contributed by atoms with Gasteiger partial charge in [-0.3, -0.25) is 19.5 Å². The first-order chi connectivity index (χ1) is 15.2. The van der Waals surface area contributed by atoms with Crippen molar-refractivity contribution in [3.8, 4) is 0 Å². The number of halogens is 3. The minimum absolute atomic E-state index is 0.0116. The van der Waals surface area contributed by atoms with Gasteiger partial charge in [0, 0.05) is 24.7 Å². The molecule has 0 saturated heterocycles. The predicted molar refractivity (Wildman–Crippen MR) is 117 cm³/mol. The first-order valence-electron chi connectivity index (χ1n) is 9.69. The second-order valence-corrected chi connectivity index (χ2v) is 7.83. The summed E-state index contributed by atoms with van der Waals surface area (Å²) in [5.74, 6) is -1.03. The maximum atomic E-state index is 13.7. The van der Waals surface area contributed by atoms with E-state index in [0.717, 1.165) is 0 Å². The predicted octanol–water partition coefficient (Wildman–Crippen LogP) is 2.04. The summed E-state index contributed by atoms with van der Waals surface area (Å²) in [6.45, 7) is 0.720. The number of benzene rings is 1. The van der Waals surface area contributed by atoms with Crippen molar-refractivity contribution in [3.63, 3.8) is 0 Å². The number of allylic oxidation sites excluding steroid dienone is 2. The zero-order valence-corrected chi connectivity index (χ0v) is 18.8. The van der Waals surface area contributed by atoms with Crippen LogP contribution >= 0.6 is 23.2 Å². The SMILES string of the molecule is CC(=O)N(NCc1cccc(F)c1Cl)[C@H](CONC(=O)N1C=CC=C(Cl)C1)CC(O)CO. The molecular formula is C20H25Cl2FN4O5.